The molecule has 2 saturated carbocycles. The van der Waals surface area contributed by atoms with E-state index >= 15 is 0 Å². The Bertz CT molecular complexity index is 1400. The molecule has 7 rings (SSSR count). The molecule has 0 amide bonds. The summed E-state index contributed by atoms with van der Waals surface area (Å²) < 4.78 is 58.9. The lowest BCUT2D eigenvalue weighted by molar-refractivity contribution is -0.191. The first-order chi connectivity index (χ1) is 19.1. The normalized spacial score (nSPS) is 24.3. The summed E-state index contributed by atoms with van der Waals surface area (Å²) in [7, 11) is 6.70. The molecule has 3 aromatic heterocycles. The van der Waals surface area contributed by atoms with E-state index in [1.54, 1.807) is 27.5 Å². The highest BCUT2D eigenvalue weighted by molar-refractivity contribution is 5.68. The van der Waals surface area contributed by atoms with Gasteiger partial charge in [-0.2, -0.15) is 13.2 Å². The van der Waals surface area contributed by atoms with Gasteiger partial charge >= 0.3 is 6.18 Å². The van der Waals surface area contributed by atoms with Gasteiger partial charge in [-0.1, -0.05) is 0 Å². The molecule has 0 radical (unpaired) electrons. The first kappa shape index (κ1) is 26.7. The monoisotopic (exact) mass is 559 g/mol. The van der Waals surface area contributed by atoms with E-state index in [9.17, 15) is 13.2 Å². The molecule has 2 aliphatic carbocycles. The number of anilines is 1. The van der Waals surface area contributed by atoms with Crippen molar-refractivity contribution in [2.75, 3.05) is 39.3 Å². The lowest BCUT2D eigenvalue weighted by atomic mass is 9.65. The number of aromatic nitrogens is 6. The number of nitrogens with zero attached hydrogens (tertiary/aromatic N) is 7. The van der Waals surface area contributed by atoms with Gasteiger partial charge in [-0.25, -0.2) is 24.9 Å². The van der Waals surface area contributed by atoms with E-state index in [0.29, 0.717) is 66.6 Å². The molecular weight excluding hydrogens is 527 g/mol. The fourth-order valence-electron chi connectivity index (χ4n) is 6.17. The summed E-state index contributed by atoms with van der Waals surface area (Å²) in [5.41, 5.74) is -0.294. The van der Waals surface area contributed by atoms with E-state index in [2.05, 4.69) is 19.9 Å². The van der Waals surface area contributed by atoms with Crippen molar-refractivity contribution in [1.29, 1.82) is 0 Å². The van der Waals surface area contributed by atoms with Crippen molar-refractivity contribution < 1.29 is 27.4 Å². The second kappa shape index (κ2) is 9.57. The lowest BCUT2D eigenvalue weighted by Crippen LogP contribution is -2.54. The Morgan fingerprint density at radius 3 is 2.40 bits per heavy atom. The Kier molecular flexibility index (Phi) is 6.39. The summed E-state index contributed by atoms with van der Waals surface area (Å²) in [6, 6.07) is 0. The molecule has 13 heteroatoms. The standard InChI is InChI=1S/C27H32F3N7O3/c1-36-12-18(27(28,29)30)34-24(36)26-9-7-25(8-10-26,14-40-26)13-37(2)22-17(38-3)11-31-21(35-22)19-20(16-5-6-16)32-15-33-23(19)39-4/h11-12,15-16H,5-10,13-14H2,1-4H3. The number of aryl methyl sites for hydroxylation is 1. The smallest absolute Gasteiger partial charge is 0.434 e. The topological polar surface area (TPSA) is 100 Å². The molecule has 2 aliphatic heterocycles. The molecule has 0 atom stereocenters. The summed E-state index contributed by atoms with van der Waals surface area (Å²) >= 11 is 0. The van der Waals surface area contributed by atoms with E-state index in [-0.39, 0.29) is 5.41 Å². The van der Waals surface area contributed by atoms with Crippen molar-refractivity contribution in [2.45, 2.75) is 56.2 Å². The number of methoxy groups -OCH3 is 2. The molecule has 0 N–H and O–H groups in total. The minimum Gasteiger partial charge on any atom is -0.491 e. The average Bonchev–Trinajstić information content (AvgIpc) is 3.72. The maximum Gasteiger partial charge on any atom is 0.434 e. The zero-order valence-electron chi connectivity index (χ0n) is 23.0. The van der Waals surface area contributed by atoms with Crippen molar-refractivity contribution in [1.82, 2.24) is 29.5 Å². The third-order valence-corrected chi connectivity index (χ3v) is 8.46. The average molecular weight is 560 g/mol. The van der Waals surface area contributed by atoms with Crippen LogP contribution in [0.25, 0.3) is 11.4 Å². The summed E-state index contributed by atoms with van der Waals surface area (Å²) in [5, 5.41) is 0. The highest BCUT2D eigenvalue weighted by Crippen LogP contribution is 2.54. The molecule has 214 valence electrons. The predicted octanol–water partition coefficient (Wildman–Crippen LogP) is 4.50. The van der Waals surface area contributed by atoms with Crippen LogP contribution in [-0.2, 0) is 23.6 Å². The Hall–Kier alpha value is -3.48. The van der Waals surface area contributed by atoms with Crippen molar-refractivity contribution >= 4 is 5.82 Å². The van der Waals surface area contributed by atoms with Gasteiger partial charge in [0, 0.05) is 38.2 Å². The fourth-order valence-corrected chi connectivity index (χ4v) is 6.17. The molecular formula is C27H32F3N7O3. The second-order valence-corrected chi connectivity index (χ2v) is 11.2. The number of halogens is 3. The van der Waals surface area contributed by atoms with Crippen LogP contribution < -0.4 is 14.4 Å². The molecule has 4 aliphatic rings. The number of imidazole rings is 1. The van der Waals surface area contributed by atoms with Gasteiger partial charge in [0.25, 0.3) is 0 Å². The van der Waals surface area contributed by atoms with Crippen molar-refractivity contribution in [2.24, 2.45) is 12.5 Å². The minimum atomic E-state index is -4.49. The van der Waals surface area contributed by atoms with Crippen LogP contribution in [0.1, 0.15) is 61.7 Å². The minimum absolute atomic E-state index is 0.183. The van der Waals surface area contributed by atoms with Crippen LogP contribution in [0.3, 0.4) is 0 Å². The molecule has 0 aromatic carbocycles. The number of hydrogen-bond donors (Lipinski definition) is 0. The predicted molar refractivity (Wildman–Crippen MR) is 138 cm³/mol. The van der Waals surface area contributed by atoms with Crippen LogP contribution >= 0.6 is 0 Å². The molecule has 5 heterocycles. The highest BCUT2D eigenvalue weighted by Gasteiger charge is 2.53. The number of rotatable bonds is 8. The van der Waals surface area contributed by atoms with Crippen LogP contribution in [0.2, 0.25) is 0 Å². The molecule has 2 saturated heterocycles. The molecule has 4 fully saturated rings. The van der Waals surface area contributed by atoms with Crippen LogP contribution in [0.4, 0.5) is 19.0 Å². The summed E-state index contributed by atoms with van der Waals surface area (Å²) in [5.74, 6) is 2.73. The van der Waals surface area contributed by atoms with E-state index in [1.807, 2.05) is 11.9 Å². The summed E-state index contributed by atoms with van der Waals surface area (Å²) in [4.78, 5) is 24.3. The molecule has 3 aromatic rings. The zero-order valence-corrected chi connectivity index (χ0v) is 23.0. The Morgan fingerprint density at radius 2 is 1.82 bits per heavy atom. The SMILES string of the molecule is COc1cnc(-c2c(OC)ncnc2C2CC2)nc1N(C)CC12CCC(c3nc(C(F)(F)F)cn3C)(CC1)OC2. The van der Waals surface area contributed by atoms with Gasteiger partial charge in [0.1, 0.15) is 23.3 Å². The number of ether oxygens (including phenoxy) is 3. The van der Waals surface area contributed by atoms with Gasteiger partial charge < -0.3 is 23.7 Å². The van der Waals surface area contributed by atoms with Gasteiger partial charge in [0.2, 0.25) is 5.88 Å². The summed E-state index contributed by atoms with van der Waals surface area (Å²) in [6.45, 7) is 1.04. The molecule has 0 unspecified atom stereocenters. The number of alkyl halides is 3. The number of hydrogen-bond acceptors (Lipinski definition) is 9. The molecule has 0 spiro atoms. The first-order valence-electron chi connectivity index (χ1n) is 13.3. The van der Waals surface area contributed by atoms with E-state index in [4.69, 9.17) is 19.2 Å². The molecule has 40 heavy (non-hydrogen) atoms. The highest BCUT2D eigenvalue weighted by atomic mass is 19.4. The Morgan fingerprint density at radius 1 is 1.07 bits per heavy atom. The molecule has 2 bridgehead atoms. The third kappa shape index (κ3) is 4.53. The first-order valence-corrected chi connectivity index (χ1v) is 13.3. The van der Waals surface area contributed by atoms with Crippen molar-refractivity contribution in [3.05, 3.63) is 35.9 Å². The van der Waals surface area contributed by atoms with Gasteiger partial charge in [-0.3, -0.25) is 0 Å². The van der Waals surface area contributed by atoms with Crippen molar-refractivity contribution in [3.8, 4) is 23.0 Å². The van der Waals surface area contributed by atoms with Crippen LogP contribution in [-0.4, -0.2) is 63.9 Å². The lowest BCUT2D eigenvalue weighted by Gasteiger charge is -2.53. The van der Waals surface area contributed by atoms with Gasteiger partial charge in [-0.15, -0.1) is 0 Å². The third-order valence-electron chi connectivity index (χ3n) is 8.46. The van der Waals surface area contributed by atoms with Gasteiger partial charge in [0.15, 0.2) is 23.1 Å². The van der Waals surface area contributed by atoms with E-state index in [1.165, 1.54) is 10.9 Å². The number of fused-ring (bicyclic) bond motifs is 3. The summed E-state index contributed by atoms with van der Waals surface area (Å²) in [6.07, 6.45) is 4.58. The Labute approximate surface area is 229 Å². The van der Waals surface area contributed by atoms with Crippen LogP contribution in [0.15, 0.2) is 18.7 Å². The second-order valence-electron chi connectivity index (χ2n) is 11.2. The zero-order chi connectivity index (χ0) is 28.3. The quantitative estimate of drug-likeness (QED) is 0.395. The maximum absolute atomic E-state index is 13.3. The van der Waals surface area contributed by atoms with E-state index in [0.717, 1.165) is 37.6 Å². The molecule has 10 nitrogen and oxygen atoms in total. The van der Waals surface area contributed by atoms with Crippen molar-refractivity contribution in [3.63, 3.8) is 0 Å². The maximum atomic E-state index is 13.3. The van der Waals surface area contributed by atoms with Crippen LogP contribution in [0, 0.1) is 5.41 Å². The fraction of sp³-hybridized carbons (Fsp3) is 0.593. The Balaban J connectivity index is 1.25. The van der Waals surface area contributed by atoms with Gasteiger partial charge in [0.05, 0.1) is 32.7 Å². The van der Waals surface area contributed by atoms with Crippen LogP contribution in [0.5, 0.6) is 11.6 Å². The van der Waals surface area contributed by atoms with E-state index < -0.39 is 17.5 Å². The largest absolute Gasteiger partial charge is 0.491 e. The van der Waals surface area contributed by atoms with Gasteiger partial charge in [-0.05, 0) is 38.5 Å².